The van der Waals surface area contributed by atoms with Crippen molar-refractivity contribution < 1.29 is 14.6 Å². The molecule has 2 aliphatic rings. The fraction of sp³-hybridized carbons (Fsp3) is 0.500. The maximum absolute atomic E-state index is 13.4. The van der Waals surface area contributed by atoms with Gasteiger partial charge in [0.2, 0.25) is 5.88 Å². The molecule has 0 spiro atoms. The number of carbonyl (C=O) groups excluding carboxylic acids is 1. The molecule has 1 aliphatic heterocycles. The molecule has 5 heteroatoms. The second-order valence-corrected chi connectivity index (χ2v) is 8.90. The minimum absolute atomic E-state index is 0.0945. The van der Waals surface area contributed by atoms with Crippen LogP contribution in [0.15, 0.2) is 42.6 Å². The van der Waals surface area contributed by atoms with Crippen molar-refractivity contribution in [3.8, 4) is 5.88 Å². The molecule has 1 aromatic carbocycles. The highest BCUT2D eigenvalue weighted by molar-refractivity contribution is 5.96. The summed E-state index contributed by atoms with van der Waals surface area (Å²) in [5.74, 6) is 1.08. The Morgan fingerprint density at radius 1 is 1.14 bits per heavy atom. The van der Waals surface area contributed by atoms with Gasteiger partial charge in [0, 0.05) is 23.4 Å². The lowest BCUT2D eigenvalue weighted by Crippen LogP contribution is -2.49. The number of aromatic nitrogens is 1. The largest absolute Gasteiger partial charge is 0.472 e. The zero-order chi connectivity index (χ0) is 20.6. The monoisotopic (exact) mass is 394 g/mol. The summed E-state index contributed by atoms with van der Waals surface area (Å²) in [6.07, 6.45) is 5.61. The Bertz CT molecular complexity index is 886. The lowest BCUT2D eigenvalue weighted by Gasteiger charge is -2.38. The maximum atomic E-state index is 13.4. The number of pyridine rings is 1. The first-order valence-electron chi connectivity index (χ1n) is 10.6. The SMILES string of the molecule is C[C@@H]1CC[C@H](Oc2ncccc2C(C)(C)O)CN1C(=O)c1ccccc1C1CC1. The molecule has 1 amide bonds. The van der Waals surface area contributed by atoms with Crippen LogP contribution in [-0.2, 0) is 5.60 Å². The number of piperidine rings is 1. The van der Waals surface area contributed by atoms with Gasteiger partial charge in [0.1, 0.15) is 6.10 Å². The molecule has 2 aromatic rings. The van der Waals surface area contributed by atoms with Gasteiger partial charge in [-0.3, -0.25) is 4.79 Å². The van der Waals surface area contributed by atoms with E-state index in [0.717, 1.165) is 18.4 Å². The Hall–Kier alpha value is -2.40. The molecule has 2 atom stereocenters. The summed E-state index contributed by atoms with van der Waals surface area (Å²) >= 11 is 0. The number of hydrogen-bond donors (Lipinski definition) is 1. The van der Waals surface area contributed by atoms with Crippen LogP contribution >= 0.6 is 0 Å². The number of nitrogens with zero attached hydrogens (tertiary/aromatic N) is 2. The highest BCUT2D eigenvalue weighted by atomic mass is 16.5. The van der Waals surface area contributed by atoms with Crippen LogP contribution < -0.4 is 4.74 Å². The Kier molecular flexibility index (Phi) is 5.34. The van der Waals surface area contributed by atoms with Crippen molar-refractivity contribution in [2.75, 3.05) is 6.54 Å². The van der Waals surface area contributed by atoms with E-state index in [2.05, 4.69) is 18.0 Å². The molecule has 0 unspecified atom stereocenters. The molecule has 1 saturated carbocycles. The number of benzene rings is 1. The molecular weight excluding hydrogens is 364 g/mol. The van der Waals surface area contributed by atoms with E-state index in [1.54, 1.807) is 26.1 Å². The van der Waals surface area contributed by atoms with Gasteiger partial charge in [-0.15, -0.1) is 0 Å². The number of rotatable bonds is 5. The molecule has 154 valence electrons. The van der Waals surface area contributed by atoms with Gasteiger partial charge in [0.05, 0.1) is 12.1 Å². The predicted octanol–water partition coefficient (Wildman–Crippen LogP) is 4.26. The van der Waals surface area contributed by atoms with Crippen molar-refractivity contribution in [1.82, 2.24) is 9.88 Å². The maximum Gasteiger partial charge on any atom is 0.254 e. The van der Waals surface area contributed by atoms with Crippen molar-refractivity contribution in [2.24, 2.45) is 0 Å². The van der Waals surface area contributed by atoms with E-state index in [1.165, 1.54) is 18.4 Å². The zero-order valence-corrected chi connectivity index (χ0v) is 17.5. The molecule has 1 aliphatic carbocycles. The summed E-state index contributed by atoms with van der Waals surface area (Å²) < 4.78 is 6.20. The van der Waals surface area contributed by atoms with Crippen LogP contribution in [-0.4, -0.2) is 39.6 Å². The van der Waals surface area contributed by atoms with Crippen LogP contribution in [0, 0.1) is 0 Å². The number of amides is 1. The highest BCUT2D eigenvalue weighted by Crippen LogP contribution is 2.42. The Labute approximate surface area is 172 Å². The van der Waals surface area contributed by atoms with Gasteiger partial charge >= 0.3 is 0 Å². The van der Waals surface area contributed by atoms with Gasteiger partial charge in [-0.05, 0) is 76.1 Å². The van der Waals surface area contributed by atoms with Crippen LogP contribution in [0.25, 0.3) is 0 Å². The first-order chi connectivity index (χ1) is 13.8. The minimum atomic E-state index is -1.04. The quantitative estimate of drug-likeness (QED) is 0.823. The minimum Gasteiger partial charge on any atom is -0.472 e. The molecule has 4 rings (SSSR count). The molecule has 2 fully saturated rings. The summed E-state index contributed by atoms with van der Waals surface area (Å²) in [6.45, 7) is 6.09. The van der Waals surface area contributed by atoms with E-state index in [9.17, 15) is 9.90 Å². The fourth-order valence-corrected chi connectivity index (χ4v) is 4.16. The zero-order valence-electron chi connectivity index (χ0n) is 17.5. The number of likely N-dealkylation sites (tertiary alicyclic amines) is 1. The van der Waals surface area contributed by atoms with Crippen molar-refractivity contribution in [3.05, 3.63) is 59.3 Å². The Morgan fingerprint density at radius 2 is 1.90 bits per heavy atom. The lowest BCUT2D eigenvalue weighted by atomic mass is 9.97. The average molecular weight is 395 g/mol. The van der Waals surface area contributed by atoms with Crippen LogP contribution in [0.3, 0.4) is 0 Å². The fourth-order valence-electron chi connectivity index (χ4n) is 4.16. The summed E-state index contributed by atoms with van der Waals surface area (Å²) in [5.41, 5.74) is 1.64. The van der Waals surface area contributed by atoms with E-state index in [0.29, 0.717) is 23.9 Å². The van der Waals surface area contributed by atoms with E-state index in [1.807, 2.05) is 29.2 Å². The van der Waals surface area contributed by atoms with Gasteiger partial charge in [0.25, 0.3) is 5.91 Å². The Morgan fingerprint density at radius 3 is 2.62 bits per heavy atom. The van der Waals surface area contributed by atoms with Crippen molar-refractivity contribution in [2.45, 2.75) is 70.1 Å². The molecule has 5 nitrogen and oxygen atoms in total. The van der Waals surface area contributed by atoms with Crippen molar-refractivity contribution in [1.29, 1.82) is 0 Å². The van der Waals surface area contributed by atoms with E-state index in [4.69, 9.17) is 4.74 Å². The normalized spacial score (nSPS) is 22.4. The summed E-state index contributed by atoms with van der Waals surface area (Å²) in [4.78, 5) is 19.7. The molecule has 0 radical (unpaired) electrons. The van der Waals surface area contributed by atoms with E-state index < -0.39 is 5.60 Å². The van der Waals surface area contributed by atoms with Crippen LogP contribution in [0.5, 0.6) is 5.88 Å². The molecule has 1 N–H and O–H groups in total. The average Bonchev–Trinajstić information content (AvgIpc) is 3.54. The third-order valence-corrected chi connectivity index (χ3v) is 6.02. The third-order valence-electron chi connectivity index (χ3n) is 6.02. The summed E-state index contributed by atoms with van der Waals surface area (Å²) in [7, 11) is 0. The Balaban J connectivity index is 1.53. The van der Waals surface area contributed by atoms with Gasteiger partial charge in [-0.1, -0.05) is 18.2 Å². The highest BCUT2D eigenvalue weighted by Gasteiger charge is 2.35. The number of carbonyl (C=O) groups is 1. The van der Waals surface area contributed by atoms with Gasteiger partial charge in [-0.25, -0.2) is 4.98 Å². The van der Waals surface area contributed by atoms with Crippen LogP contribution in [0.2, 0.25) is 0 Å². The molecule has 0 bridgehead atoms. The number of hydrogen-bond acceptors (Lipinski definition) is 4. The van der Waals surface area contributed by atoms with Crippen molar-refractivity contribution in [3.63, 3.8) is 0 Å². The second-order valence-electron chi connectivity index (χ2n) is 8.90. The number of aliphatic hydroxyl groups is 1. The van der Waals surface area contributed by atoms with E-state index >= 15 is 0 Å². The van der Waals surface area contributed by atoms with Gasteiger partial charge in [0.15, 0.2) is 0 Å². The molecular formula is C24H30N2O3. The summed E-state index contributed by atoms with van der Waals surface area (Å²) in [6, 6.07) is 11.8. The molecule has 2 heterocycles. The second kappa shape index (κ2) is 7.79. The van der Waals surface area contributed by atoms with Gasteiger partial charge < -0.3 is 14.7 Å². The predicted molar refractivity (Wildman–Crippen MR) is 112 cm³/mol. The smallest absolute Gasteiger partial charge is 0.254 e. The summed E-state index contributed by atoms with van der Waals surface area (Å²) in [5, 5.41) is 10.4. The van der Waals surface area contributed by atoms with E-state index in [-0.39, 0.29) is 18.1 Å². The molecule has 29 heavy (non-hydrogen) atoms. The first kappa shape index (κ1) is 19.9. The molecule has 1 aromatic heterocycles. The van der Waals surface area contributed by atoms with Crippen molar-refractivity contribution >= 4 is 5.91 Å². The van der Waals surface area contributed by atoms with Crippen LogP contribution in [0.1, 0.15) is 73.9 Å². The topological polar surface area (TPSA) is 62.7 Å². The standard InChI is InChI=1S/C24H30N2O3/c1-16-10-13-18(29-22-21(24(2,3)28)9-6-14-25-22)15-26(16)23(27)20-8-5-4-7-19(20)17-11-12-17/h4-9,14,16-18,28H,10-13,15H2,1-3H3/t16-,18+/m1/s1. The number of ether oxygens (including phenoxy) is 1. The molecule has 1 saturated heterocycles. The first-order valence-corrected chi connectivity index (χ1v) is 10.6. The van der Waals surface area contributed by atoms with Gasteiger partial charge in [-0.2, -0.15) is 0 Å². The van der Waals surface area contributed by atoms with Crippen LogP contribution in [0.4, 0.5) is 0 Å². The third kappa shape index (κ3) is 4.30. The lowest BCUT2D eigenvalue weighted by molar-refractivity contribution is 0.0325.